The first kappa shape index (κ1) is 16.5. The van der Waals surface area contributed by atoms with Crippen LogP contribution >= 0.6 is 0 Å². The largest absolute Gasteiger partial charge is 0.387 e. The second kappa shape index (κ2) is 6.47. The lowest BCUT2D eigenvalue weighted by atomic mass is 9.64. The molecule has 0 radical (unpaired) electrons. The lowest BCUT2D eigenvalue weighted by molar-refractivity contribution is -0.0992. The summed E-state index contributed by atoms with van der Waals surface area (Å²) in [6.07, 6.45) is 0.878. The summed E-state index contributed by atoms with van der Waals surface area (Å²) in [5.74, 6) is 0.524. The highest BCUT2D eigenvalue weighted by atomic mass is 16.5. The summed E-state index contributed by atoms with van der Waals surface area (Å²) >= 11 is 0. The molecular weight excluding hydrogens is 262 g/mol. The van der Waals surface area contributed by atoms with Gasteiger partial charge in [0, 0.05) is 25.1 Å². The van der Waals surface area contributed by atoms with E-state index in [-0.39, 0.29) is 5.41 Å². The van der Waals surface area contributed by atoms with Gasteiger partial charge >= 0.3 is 0 Å². The van der Waals surface area contributed by atoms with Crippen molar-refractivity contribution in [2.75, 3.05) is 13.7 Å². The molecule has 3 atom stereocenters. The minimum Gasteiger partial charge on any atom is -0.387 e. The van der Waals surface area contributed by atoms with Gasteiger partial charge in [-0.25, -0.2) is 0 Å². The van der Waals surface area contributed by atoms with Crippen molar-refractivity contribution in [3.63, 3.8) is 0 Å². The molecule has 0 heterocycles. The Morgan fingerprint density at radius 3 is 2.29 bits per heavy atom. The first-order chi connectivity index (χ1) is 9.86. The minimum absolute atomic E-state index is 0.135. The molecule has 0 spiro atoms. The fourth-order valence-corrected chi connectivity index (χ4v) is 3.11. The first-order valence-electron chi connectivity index (χ1n) is 7.90. The number of rotatable bonds is 6. The van der Waals surface area contributed by atoms with Crippen LogP contribution in [0, 0.1) is 5.41 Å². The van der Waals surface area contributed by atoms with E-state index >= 15 is 0 Å². The molecule has 2 rings (SSSR count). The molecular formula is C18H29NO2. The number of aliphatic hydroxyl groups excluding tert-OH is 1. The van der Waals surface area contributed by atoms with Crippen LogP contribution in [-0.2, 0) is 4.74 Å². The van der Waals surface area contributed by atoms with Gasteiger partial charge in [-0.05, 0) is 23.5 Å². The Balaban J connectivity index is 1.86. The van der Waals surface area contributed by atoms with E-state index in [1.807, 2.05) is 12.1 Å². The van der Waals surface area contributed by atoms with E-state index in [9.17, 15) is 5.11 Å². The van der Waals surface area contributed by atoms with Gasteiger partial charge in [-0.1, -0.05) is 52.0 Å². The highest BCUT2D eigenvalue weighted by molar-refractivity contribution is 5.26. The van der Waals surface area contributed by atoms with Gasteiger partial charge in [0.25, 0.3) is 0 Å². The van der Waals surface area contributed by atoms with E-state index in [0.717, 1.165) is 12.0 Å². The van der Waals surface area contributed by atoms with E-state index in [2.05, 4.69) is 45.1 Å². The Labute approximate surface area is 128 Å². The van der Waals surface area contributed by atoms with Crippen LogP contribution in [0.25, 0.3) is 0 Å². The van der Waals surface area contributed by atoms with Crippen LogP contribution in [0.2, 0.25) is 0 Å². The van der Waals surface area contributed by atoms with Crippen LogP contribution in [0.5, 0.6) is 0 Å². The first-order valence-corrected chi connectivity index (χ1v) is 7.90. The van der Waals surface area contributed by atoms with Crippen molar-refractivity contribution in [3.8, 4) is 0 Å². The Morgan fingerprint density at radius 1 is 1.24 bits per heavy atom. The van der Waals surface area contributed by atoms with Gasteiger partial charge in [0.05, 0.1) is 12.2 Å². The van der Waals surface area contributed by atoms with Crippen molar-refractivity contribution in [3.05, 3.63) is 35.4 Å². The quantitative estimate of drug-likeness (QED) is 0.845. The number of methoxy groups -OCH3 is 1. The monoisotopic (exact) mass is 291 g/mol. The fourth-order valence-electron chi connectivity index (χ4n) is 3.11. The number of hydrogen-bond donors (Lipinski definition) is 2. The molecule has 0 aliphatic heterocycles. The molecule has 0 saturated heterocycles. The second-order valence-corrected chi connectivity index (χ2v) is 7.08. The molecule has 0 amide bonds. The molecule has 3 heteroatoms. The number of hydrogen-bond acceptors (Lipinski definition) is 3. The van der Waals surface area contributed by atoms with Crippen LogP contribution in [0.15, 0.2) is 24.3 Å². The maximum atomic E-state index is 10.3. The Kier molecular flexibility index (Phi) is 5.07. The van der Waals surface area contributed by atoms with Gasteiger partial charge in [0.1, 0.15) is 0 Å². The average molecular weight is 291 g/mol. The molecule has 1 fully saturated rings. The molecule has 0 aromatic heterocycles. The van der Waals surface area contributed by atoms with E-state index in [1.54, 1.807) is 7.11 Å². The fraction of sp³-hybridized carbons (Fsp3) is 0.667. The molecule has 1 aliphatic rings. The van der Waals surface area contributed by atoms with Crippen LogP contribution in [0.3, 0.4) is 0 Å². The molecule has 3 unspecified atom stereocenters. The summed E-state index contributed by atoms with van der Waals surface area (Å²) in [7, 11) is 1.77. The zero-order chi connectivity index (χ0) is 15.6. The van der Waals surface area contributed by atoms with E-state index in [4.69, 9.17) is 4.74 Å². The summed E-state index contributed by atoms with van der Waals surface area (Å²) in [6, 6.07) is 8.69. The third kappa shape index (κ3) is 3.47. The lowest BCUT2D eigenvalue weighted by Gasteiger charge is -2.51. The van der Waals surface area contributed by atoms with Gasteiger partial charge < -0.3 is 15.2 Å². The second-order valence-electron chi connectivity index (χ2n) is 7.08. The highest BCUT2D eigenvalue weighted by Gasteiger charge is 2.48. The lowest BCUT2D eigenvalue weighted by Crippen LogP contribution is -2.61. The van der Waals surface area contributed by atoms with Gasteiger partial charge in [-0.2, -0.15) is 0 Å². The molecule has 1 aromatic rings. The van der Waals surface area contributed by atoms with Gasteiger partial charge in [-0.15, -0.1) is 0 Å². The Morgan fingerprint density at radius 2 is 1.81 bits per heavy atom. The van der Waals surface area contributed by atoms with Crippen molar-refractivity contribution >= 4 is 0 Å². The normalized spacial score (nSPS) is 25.7. The predicted molar refractivity (Wildman–Crippen MR) is 86.5 cm³/mol. The Hall–Kier alpha value is -0.900. The van der Waals surface area contributed by atoms with Crippen molar-refractivity contribution in [1.29, 1.82) is 0 Å². The topological polar surface area (TPSA) is 41.5 Å². The van der Waals surface area contributed by atoms with Crippen molar-refractivity contribution in [2.45, 2.75) is 58.3 Å². The summed E-state index contributed by atoms with van der Waals surface area (Å²) in [5, 5.41) is 13.8. The van der Waals surface area contributed by atoms with E-state index < -0.39 is 6.10 Å². The van der Waals surface area contributed by atoms with E-state index in [1.165, 1.54) is 5.56 Å². The molecule has 1 saturated carbocycles. The molecule has 3 nitrogen and oxygen atoms in total. The van der Waals surface area contributed by atoms with Crippen LogP contribution < -0.4 is 5.32 Å². The molecule has 1 aliphatic carbocycles. The smallest absolute Gasteiger partial charge is 0.0914 e. The number of benzene rings is 1. The third-order valence-corrected chi connectivity index (χ3v) is 5.01. The number of nitrogens with one attached hydrogen (secondary N) is 1. The molecule has 0 bridgehead atoms. The zero-order valence-corrected chi connectivity index (χ0v) is 13.9. The van der Waals surface area contributed by atoms with Crippen molar-refractivity contribution in [2.24, 2.45) is 5.41 Å². The maximum absolute atomic E-state index is 10.3. The summed E-state index contributed by atoms with van der Waals surface area (Å²) < 4.78 is 5.46. The van der Waals surface area contributed by atoms with Gasteiger partial charge in [0.15, 0.2) is 0 Å². The van der Waals surface area contributed by atoms with Crippen LogP contribution in [0.4, 0.5) is 0 Å². The average Bonchev–Trinajstić information content (AvgIpc) is 2.46. The summed E-state index contributed by atoms with van der Waals surface area (Å²) in [4.78, 5) is 0. The van der Waals surface area contributed by atoms with Gasteiger partial charge in [-0.3, -0.25) is 0 Å². The maximum Gasteiger partial charge on any atom is 0.0914 e. The zero-order valence-electron chi connectivity index (χ0n) is 13.9. The number of aliphatic hydroxyl groups is 1. The Bertz CT molecular complexity index is 453. The minimum atomic E-state index is -0.455. The van der Waals surface area contributed by atoms with Gasteiger partial charge in [0.2, 0.25) is 0 Å². The van der Waals surface area contributed by atoms with Crippen molar-refractivity contribution in [1.82, 2.24) is 5.32 Å². The van der Waals surface area contributed by atoms with Crippen molar-refractivity contribution < 1.29 is 9.84 Å². The van der Waals surface area contributed by atoms with E-state index in [0.29, 0.717) is 24.6 Å². The molecule has 1 aromatic carbocycles. The highest BCUT2D eigenvalue weighted by Crippen LogP contribution is 2.42. The van der Waals surface area contributed by atoms with Crippen LogP contribution in [-0.4, -0.2) is 30.9 Å². The molecule has 21 heavy (non-hydrogen) atoms. The summed E-state index contributed by atoms with van der Waals surface area (Å²) in [5.41, 5.74) is 2.42. The summed E-state index contributed by atoms with van der Waals surface area (Å²) in [6.45, 7) is 9.37. The standard InChI is InChI=1S/C18H29NO2/c1-12(2)13-6-8-14(9-7-13)15(20)11-19-16-10-17(21-5)18(16,3)4/h6-9,12,15-17,19-20H,10-11H2,1-5H3. The molecule has 118 valence electrons. The third-order valence-electron chi connectivity index (χ3n) is 5.01. The molecule has 2 N–H and O–H groups in total. The number of ether oxygens (including phenoxy) is 1. The SMILES string of the molecule is COC1CC(NCC(O)c2ccc(C(C)C)cc2)C1(C)C. The predicted octanol–water partition coefficient (Wildman–Crippen LogP) is 3.25. The van der Waals surface area contributed by atoms with Crippen LogP contribution in [0.1, 0.15) is 57.3 Å².